The Morgan fingerprint density at radius 1 is 0.788 bits per heavy atom. The van der Waals surface area contributed by atoms with E-state index in [0.717, 1.165) is 10.8 Å². The van der Waals surface area contributed by atoms with Gasteiger partial charge >= 0.3 is 0 Å². The highest BCUT2D eigenvalue weighted by molar-refractivity contribution is 6.27. The van der Waals surface area contributed by atoms with Gasteiger partial charge in [0.15, 0.2) is 11.5 Å². The summed E-state index contributed by atoms with van der Waals surface area (Å²) in [5.74, 6) is -0.924. The summed E-state index contributed by atoms with van der Waals surface area (Å²) >= 11 is 0. The lowest BCUT2D eigenvalue weighted by atomic mass is 9.74. The van der Waals surface area contributed by atoms with Gasteiger partial charge in [0.2, 0.25) is 5.78 Å². The number of nitro groups is 1. The van der Waals surface area contributed by atoms with E-state index in [1.54, 1.807) is 42.5 Å². The third-order valence-electron chi connectivity index (χ3n) is 6.25. The molecule has 33 heavy (non-hydrogen) atoms. The van der Waals surface area contributed by atoms with E-state index >= 15 is 0 Å². The van der Waals surface area contributed by atoms with Gasteiger partial charge in [-0.25, -0.2) is 0 Å². The molecule has 6 nitrogen and oxygen atoms in total. The van der Waals surface area contributed by atoms with Crippen molar-refractivity contribution in [3.63, 3.8) is 0 Å². The first-order valence-corrected chi connectivity index (χ1v) is 10.4. The molecule has 0 amide bonds. The highest BCUT2D eigenvalue weighted by Crippen LogP contribution is 2.49. The van der Waals surface area contributed by atoms with Gasteiger partial charge in [0.1, 0.15) is 5.75 Å². The van der Waals surface area contributed by atoms with Crippen LogP contribution in [0.3, 0.4) is 0 Å². The van der Waals surface area contributed by atoms with Gasteiger partial charge in [0.05, 0.1) is 10.5 Å². The third kappa shape index (κ3) is 2.74. The fraction of sp³-hybridized carbons (Fsp3) is 0.0370. The maximum Gasteiger partial charge on any atom is 0.269 e. The van der Waals surface area contributed by atoms with Gasteiger partial charge in [-0.05, 0) is 22.4 Å². The van der Waals surface area contributed by atoms with Crippen molar-refractivity contribution >= 4 is 28.0 Å². The first kappa shape index (κ1) is 19.1. The molecule has 0 radical (unpaired) electrons. The molecule has 1 aliphatic carbocycles. The number of ketones is 2. The van der Waals surface area contributed by atoms with Crippen molar-refractivity contribution in [1.82, 2.24) is 0 Å². The molecule has 1 atom stereocenters. The average molecular weight is 433 g/mol. The summed E-state index contributed by atoms with van der Waals surface area (Å²) in [6.07, 6.45) is 0. The lowest BCUT2D eigenvalue weighted by Crippen LogP contribution is -2.31. The Morgan fingerprint density at radius 3 is 2.30 bits per heavy atom. The van der Waals surface area contributed by atoms with Crippen LogP contribution in [0.2, 0.25) is 0 Å². The number of nitro benzene ring substituents is 1. The Hall–Kier alpha value is -4.58. The molecule has 0 aromatic heterocycles. The fourth-order valence-corrected chi connectivity index (χ4v) is 4.80. The van der Waals surface area contributed by atoms with Gasteiger partial charge in [-0.2, -0.15) is 0 Å². The Bertz CT molecular complexity index is 1570. The highest BCUT2D eigenvalue weighted by atomic mass is 16.6. The second kappa shape index (κ2) is 6.97. The molecular weight excluding hydrogens is 418 g/mol. The van der Waals surface area contributed by atoms with Crippen molar-refractivity contribution in [2.75, 3.05) is 0 Å². The van der Waals surface area contributed by atoms with Crippen LogP contribution in [0.4, 0.5) is 5.69 Å². The summed E-state index contributed by atoms with van der Waals surface area (Å²) < 4.78 is 6.09. The number of nitrogens with zero attached hydrogens (tertiary/aromatic N) is 1. The molecule has 0 fully saturated rings. The summed E-state index contributed by atoms with van der Waals surface area (Å²) in [7, 11) is 0. The second-order valence-electron chi connectivity index (χ2n) is 8.03. The topological polar surface area (TPSA) is 86.5 Å². The number of hydrogen-bond donors (Lipinski definition) is 0. The highest BCUT2D eigenvalue weighted by Gasteiger charge is 2.43. The number of carbonyl (C=O) groups is 2. The Labute approximate surface area is 187 Å². The van der Waals surface area contributed by atoms with Crippen molar-refractivity contribution < 1.29 is 19.2 Å². The molecule has 6 rings (SSSR count). The van der Waals surface area contributed by atoms with Gasteiger partial charge in [-0.1, -0.05) is 66.7 Å². The summed E-state index contributed by atoms with van der Waals surface area (Å²) in [6, 6.07) is 24.2. The maximum atomic E-state index is 13.7. The zero-order valence-electron chi connectivity index (χ0n) is 17.1. The van der Waals surface area contributed by atoms with Crippen molar-refractivity contribution in [2.45, 2.75) is 5.92 Å². The van der Waals surface area contributed by atoms with E-state index < -0.39 is 10.8 Å². The minimum atomic E-state index is -0.695. The van der Waals surface area contributed by atoms with E-state index in [1.807, 2.05) is 30.3 Å². The summed E-state index contributed by atoms with van der Waals surface area (Å²) in [6.45, 7) is 0. The molecule has 1 heterocycles. The number of fused-ring (bicyclic) bond motifs is 4. The number of carbonyl (C=O) groups excluding carboxylic acids is 2. The summed E-state index contributed by atoms with van der Waals surface area (Å²) in [5, 5.41) is 13.3. The molecule has 6 heteroatoms. The van der Waals surface area contributed by atoms with Crippen molar-refractivity contribution in [1.29, 1.82) is 0 Å². The molecule has 1 unspecified atom stereocenters. The molecule has 2 aliphatic rings. The van der Waals surface area contributed by atoms with E-state index in [0.29, 0.717) is 28.0 Å². The standard InChI is InChI=1S/C27H15NO5/c29-25-19-10-3-4-11-20(19)26(30)27-24(25)22(16-7-5-8-17(14-16)28(31)32)23-18-9-2-1-6-15(18)12-13-21(23)33-27/h1-14,22H. The monoisotopic (exact) mass is 433 g/mol. The van der Waals surface area contributed by atoms with Crippen molar-refractivity contribution in [3.05, 3.63) is 129 Å². The number of rotatable bonds is 2. The molecule has 4 aromatic rings. The summed E-state index contributed by atoms with van der Waals surface area (Å²) in [5.41, 5.74) is 2.00. The van der Waals surface area contributed by atoms with Crippen LogP contribution >= 0.6 is 0 Å². The van der Waals surface area contributed by atoms with Crippen molar-refractivity contribution in [2.24, 2.45) is 0 Å². The normalized spacial score (nSPS) is 16.7. The molecule has 0 saturated heterocycles. The third-order valence-corrected chi connectivity index (χ3v) is 6.25. The lowest BCUT2D eigenvalue weighted by molar-refractivity contribution is -0.384. The van der Waals surface area contributed by atoms with Crippen LogP contribution < -0.4 is 4.74 Å². The molecule has 0 saturated carbocycles. The number of Topliss-reactive ketones (excluding diaryl/α,β-unsaturated/α-hetero) is 2. The van der Waals surface area contributed by atoms with Crippen LogP contribution in [-0.2, 0) is 0 Å². The second-order valence-corrected chi connectivity index (χ2v) is 8.03. The number of ether oxygens (including phenoxy) is 1. The SMILES string of the molecule is O=C1C2=C(C(=O)c3ccccc31)C(c1cccc([N+](=O)[O-])c1)c1c(ccc3ccccc13)O2. The van der Waals surface area contributed by atoms with Crippen LogP contribution in [0.25, 0.3) is 10.8 Å². The van der Waals surface area contributed by atoms with Gasteiger partial charge in [0, 0.05) is 34.7 Å². The average Bonchev–Trinajstić information content (AvgIpc) is 2.86. The van der Waals surface area contributed by atoms with E-state index in [1.165, 1.54) is 12.1 Å². The smallest absolute Gasteiger partial charge is 0.269 e. The van der Waals surface area contributed by atoms with Gasteiger partial charge in [0.25, 0.3) is 5.69 Å². The number of benzene rings is 4. The van der Waals surface area contributed by atoms with E-state index in [2.05, 4.69) is 0 Å². The Kier molecular flexibility index (Phi) is 4.04. The van der Waals surface area contributed by atoms with Gasteiger partial charge in [-0.3, -0.25) is 19.7 Å². The predicted molar refractivity (Wildman–Crippen MR) is 122 cm³/mol. The Balaban J connectivity index is 1.69. The van der Waals surface area contributed by atoms with Crippen LogP contribution in [-0.4, -0.2) is 16.5 Å². The quantitative estimate of drug-likeness (QED) is 0.303. The zero-order chi connectivity index (χ0) is 22.7. The van der Waals surface area contributed by atoms with E-state index in [9.17, 15) is 19.7 Å². The number of allylic oxidation sites excluding steroid dienone is 2. The van der Waals surface area contributed by atoms with Crippen molar-refractivity contribution in [3.8, 4) is 5.75 Å². The molecule has 0 N–H and O–H groups in total. The first-order valence-electron chi connectivity index (χ1n) is 10.4. The van der Waals surface area contributed by atoms with Crippen LogP contribution in [0.1, 0.15) is 37.8 Å². The maximum absolute atomic E-state index is 13.7. The molecule has 0 bridgehead atoms. The van der Waals surface area contributed by atoms with Gasteiger partial charge in [-0.15, -0.1) is 0 Å². The molecular formula is C27H15NO5. The Morgan fingerprint density at radius 2 is 1.52 bits per heavy atom. The molecule has 1 aliphatic heterocycles. The number of non-ortho nitro benzene ring substituents is 1. The van der Waals surface area contributed by atoms with Gasteiger partial charge < -0.3 is 4.74 Å². The van der Waals surface area contributed by atoms with E-state index in [-0.39, 0.29) is 28.6 Å². The molecule has 158 valence electrons. The first-order chi connectivity index (χ1) is 16.0. The van der Waals surface area contributed by atoms with Crippen LogP contribution in [0.15, 0.2) is 96.3 Å². The van der Waals surface area contributed by atoms with Crippen LogP contribution in [0, 0.1) is 10.1 Å². The predicted octanol–water partition coefficient (Wildman–Crippen LogP) is 5.61. The zero-order valence-corrected chi connectivity index (χ0v) is 17.1. The minimum absolute atomic E-state index is 0.0158. The lowest BCUT2D eigenvalue weighted by Gasteiger charge is -2.33. The number of hydrogen-bond acceptors (Lipinski definition) is 5. The fourth-order valence-electron chi connectivity index (χ4n) is 4.80. The summed E-state index contributed by atoms with van der Waals surface area (Å²) in [4.78, 5) is 38.1. The molecule has 4 aromatic carbocycles. The van der Waals surface area contributed by atoms with Crippen LogP contribution in [0.5, 0.6) is 5.75 Å². The molecule has 0 spiro atoms. The minimum Gasteiger partial charge on any atom is -0.452 e. The van der Waals surface area contributed by atoms with E-state index in [4.69, 9.17) is 4.74 Å². The largest absolute Gasteiger partial charge is 0.452 e.